The summed E-state index contributed by atoms with van der Waals surface area (Å²) >= 11 is 5.55. The van der Waals surface area contributed by atoms with Gasteiger partial charge in [-0.2, -0.15) is 5.26 Å². The summed E-state index contributed by atoms with van der Waals surface area (Å²) in [4.78, 5) is 24.5. The van der Waals surface area contributed by atoms with Crippen LogP contribution in [0, 0.1) is 14.9 Å². The summed E-state index contributed by atoms with van der Waals surface area (Å²) in [6.45, 7) is -0.140. The number of hydrogen-bond acceptors (Lipinski definition) is 4. The van der Waals surface area contributed by atoms with Gasteiger partial charge in [-0.3, -0.25) is 9.59 Å². The highest BCUT2D eigenvalue weighted by molar-refractivity contribution is 14.1. The van der Waals surface area contributed by atoms with Crippen molar-refractivity contribution < 1.29 is 14.3 Å². The number of para-hydroxylation sites is 1. The van der Waals surface area contributed by atoms with E-state index in [0.717, 1.165) is 8.04 Å². The molecular weight excluding hydrogens is 585 g/mol. The summed E-state index contributed by atoms with van der Waals surface area (Å²) < 4.78 is 7.31. The predicted molar refractivity (Wildman–Crippen MR) is 136 cm³/mol. The summed E-state index contributed by atoms with van der Waals surface area (Å²) in [6.07, 6.45) is 1.49. The molecule has 0 unspecified atom stereocenters. The number of carbonyl (C=O) groups is 2. The summed E-state index contributed by atoms with van der Waals surface area (Å²) in [5.74, 6) is -0.284. The van der Waals surface area contributed by atoms with E-state index in [0.29, 0.717) is 22.7 Å². The molecule has 8 heteroatoms. The van der Waals surface area contributed by atoms with Crippen molar-refractivity contribution in [2.75, 3.05) is 17.2 Å². The number of halogens is 2. The first-order valence-corrected chi connectivity index (χ1v) is 11.3. The van der Waals surface area contributed by atoms with E-state index in [-0.39, 0.29) is 18.1 Å². The maximum atomic E-state index is 12.4. The SMILES string of the molecule is N#C/C(=C\c1ccc(OCC(=O)Nc2ccc(I)cc2)cc1)C(=O)Nc1ccccc1Br. The van der Waals surface area contributed by atoms with E-state index in [1.807, 2.05) is 36.4 Å². The van der Waals surface area contributed by atoms with E-state index in [1.165, 1.54) is 6.08 Å². The van der Waals surface area contributed by atoms with Gasteiger partial charge < -0.3 is 15.4 Å². The van der Waals surface area contributed by atoms with Crippen molar-refractivity contribution in [2.45, 2.75) is 0 Å². The van der Waals surface area contributed by atoms with Gasteiger partial charge in [-0.25, -0.2) is 0 Å². The number of ether oxygens (including phenoxy) is 1. The number of nitriles is 1. The van der Waals surface area contributed by atoms with Crippen LogP contribution >= 0.6 is 38.5 Å². The smallest absolute Gasteiger partial charge is 0.266 e. The van der Waals surface area contributed by atoms with Crippen molar-refractivity contribution in [3.8, 4) is 11.8 Å². The van der Waals surface area contributed by atoms with E-state index >= 15 is 0 Å². The van der Waals surface area contributed by atoms with Crippen molar-refractivity contribution >= 4 is 67.8 Å². The number of rotatable bonds is 7. The van der Waals surface area contributed by atoms with Gasteiger partial charge in [0.25, 0.3) is 11.8 Å². The Morgan fingerprint density at radius 3 is 2.34 bits per heavy atom. The number of amides is 2. The number of benzene rings is 3. The number of nitrogens with one attached hydrogen (secondary N) is 2. The molecule has 0 fully saturated rings. The topological polar surface area (TPSA) is 91.2 Å². The Hall–Kier alpha value is -3.16. The Balaban J connectivity index is 1.57. The molecule has 32 heavy (non-hydrogen) atoms. The largest absolute Gasteiger partial charge is 0.484 e. The highest BCUT2D eigenvalue weighted by Gasteiger charge is 2.11. The Kier molecular flexibility index (Phi) is 8.41. The lowest BCUT2D eigenvalue weighted by Crippen LogP contribution is -2.20. The van der Waals surface area contributed by atoms with Crippen LogP contribution in [-0.2, 0) is 9.59 Å². The molecule has 3 aromatic rings. The lowest BCUT2D eigenvalue weighted by Gasteiger charge is -2.08. The highest BCUT2D eigenvalue weighted by atomic mass is 127. The Labute approximate surface area is 207 Å². The second-order valence-corrected chi connectivity index (χ2v) is 8.62. The van der Waals surface area contributed by atoms with Gasteiger partial charge in [0, 0.05) is 13.7 Å². The molecule has 0 bridgehead atoms. The monoisotopic (exact) mass is 601 g/mol. The Morgan fingerprint density at radius 2 is 1.69 bits per heavy atom. The molecule has 0 heterocycles. The van der Waals surface area contributed by atoms with Crippen LogP contribution in [0.25, 0.3) is 6.08 Å². The molecule has 0 atom stereocenters. The third-order valence-electron chi connectivity index (χ3n) is 4.18. The molecule has 160 valence electrons. The number of hydrogen-bond donors (Lipinski definition) is 2. The Bertz CT molecular complexity index is 1190. The molecule has 0 radical (unpaired) electrons. The molecular formula is C24H17BrIN3O3. The van der Waals surface area contributed by atoms with Crippen LogP contribution in [-0.4, -0.2) is 18.4 Å². The van der Waals surface area contributed by atoms with E-state index in [4.69, 9.17) is 4.74 Å². The van der Waals surface area contributed by atoms with Gasteiger partial charge in [0.1, 0.15) is 17.4 Å². The third-order valence-corrected chi connectivity index (χ3v) is 5.59. The van der Waals surface area contributed by atoms with Crippen molar-refractivity contribution in [1.82, 2.24) is 0 Å². The summed E-state index contributed by atoms with van der Waals surface area (Å²) in [7, 11) is 0. The molecule has 6 nitrogen and oxygen atoms in total. The molecule has 0 aliphatic rings. The van der Waals surface area contributed by atoms with Crippen LogP contribution in [0.15, 0.2) is 82.8 Å². The quantitative estimate of drug-likeness (QED) is 0.209. The van der Waals surface area contributed by atoms with Crippen LogP contribution in [0.4, 0.5) is 11.4 Å². The fraction of sp³-hybridized carbons (Fsp3) is 0.0417. The van der Waals surface area contributed by atoms with Crippen LogP contribution < -0.4 is 15.4 Å². The third kappa shape index (κ3) is 6.93. The predicted octanol–water partition coefficient (Wildman–Crippen LogP) is 5.62. The zero-order valence-electron chi connectivity index (χ0n) is 16.6. The Morgan fingerprint density at radius 1 is 1.00 bits per heavy atom. The van der Waals surface area contributed by atoms with Gasteiger partial charge in [0.15, 0.2) is 6.61 Å². The second-order valence-electron chi connectivity index (χ2n) is 6.52. The van der Waals surface area contributed by atoms with E-state index < -0.39 is 5.91 Å². The second kappa shape index (κ2) is 11.5. The lowest BCUT2D eigenvalue weighted by molar-refractivity contribution is -0.118. The number of carbonyl (C=O) groups excluding carboxylic acids is 2. The first kappa shape index (κ1) is 23.5. The fourth-order valence-electron chi connectivity index (χ4n) is 2.61. The molecule has 0 aliphatic heterocycles. The average molecular weight is 602 g/mol. The molecule has 2 N–H and O–H groups in total. The molecule has 0 saturated heterocycles. The van der Waals surface area contributed by atoms with Crippen molar-refractivity contribution in [1.29, 1.82) is 5.26 Å². The molecule has 3 aromatic carbocycles. The minimum Gasteiger partial charge on any atom is -0.484 e. The zero-order valence-corrected chi connectivity index (χ0v) is 20.4. The van der Waals surface area contributed by atoms with Gasteiger partial charge in [-0.05, 0) is 98.7 Å². The standard InChI is InChI=1S/C24H17BrIN3O3/c25-21-3-1-2-4-22(21)29-24(31)17(14-27)13-16-5-11-20(12-6-16)32-15-23(30)28-19-9-7-18(26)8-10-19/h1-13H,15H2,(H,28,30)(H,29,31)/b17-13+. The molecule has 0 aromatic heterocycles. The molecule has 0 spiro atoms. The summed E-state index contributed by atoms with van der Waals surface area (Å²) in [6, 6.07) is 23.3. The van der Waals surface area contributed by atoms with Crippen LogP contribution in [0.1, 0.15) is 5.56 Å². The van der Waals surface area contributed by atoms with Crippen molar-refractivity contribution in [2.24, 2.45) is 0 Å². The summed E-state index contributed by atoms with van der Waals surface area (Å²) in [5.41, 5.74) is 1.89. The van der Waals surface area contributed by atoms with E-state index in [1.54, 1.807) is 42.5 Å². The van der Waals surface area contributed by atoms with Crippen LogP contribution in [0.3, 0.4) is 0 Å². The minimum absolute atomic E-state index is 0.0358. The maximum absolute atomic E-state index is 12.4. The lowest BCUT2D eigenvalue weighted by atomic mass is 10.1. The van der Waals surface area contributed by atoms with E-state index in [9.17, 15) is 14.9 Å². The van der Waals surface area contributed by atoms with E-state index in [2.05, 4.69) is 49.2 Å². The fourth-order valence-corrected chi connectivity index (χ4v) is 3.35. The van der Waals surface area contributed by atoms with Crippen LogP contribution in [0.5, 0.6) is 5.75 Å². The minimum atomic E-state index is -0.507. The highest BCUT2D eigenvalue weighted by Crippen LogP contribution is 2.22. The molecule has 3 rings (SSSR count). The molecule has 2 amide bonds. The maximum Gasteiger partial charge on any atom is 0.266 e. The van der Waals surface area contributed by atoms with Crippen molar-refractivity contribution in [3.05, 3.63) is 92.0 Å². The number of nitrogens with zero attached hydrogens (tertiary/aromatic N) is 1. The zero-order chi connectivity index (χ0) is 22.9. The average Bonchev–Trinajstić information content (AvgIpc) is 2.80. The first-order chi connectivity index (χ1) is 15.4. The summed E-state index contributed by atoms with van der Waals surface area (Å²) in [5, 5.41) is 14.8. The van der Waals surface area contributed by atoms with Gasteiger partial charge >= 0.3 is 0 Å². The first-order valence-electron chi connectivity index (χ1n) is 9.40. The van der Waals surface area contributed by atoms with Gasteiger partial charge in [0.05, 0.1) is 5.69 Å². The number of anilines is 2. The van der Waals surface area contributed by atoms with Gasteiger partial charge in [-0.15, -0.1) is 0 Å². The molecule has 0 saturated carbocycles. The van der Waals surface area contributed by atoms with Crippen molar-refractivity contribution in [3.63, 3.8) is 0 Å². The molecule has 0 aliphatic carbocycles. The van der Waals surface area contributed by atoms with Crippen LogP contribution in [0.2, 0.25) is 0 Å². The normalized spacial score (nSPS) is 10.7. The van der Waals surface area contributed by atoms with Gasteiger partial charge in [-0.1, -0.05) is 24.3 Å². The van der Waals surface area contributed by atoms with Gasteiger partial charge in [0.2, 0.25) is 0 Å².